The van der Waals surface area contributed by atoms with Crippen molar-refractivity contribution in [2.75, 3.05) is 6.54 Å². The molecule has 0 saturated heterocycles. The maximum absolute atomic E-state index is 10.1. The molecule has 3 aromatic rings. The van der Waals surface area contributed by atoms with Crippen LogP contribution in [-0.4, -0.2) is 21.2 Å². The third-order valence-electron chi connectivity index (χ3n) is 3.88. The van der Waals surface area contributed by atoms with Crippen LogP contribution in [0.1, 0.15) is 37.6 Å². The Morgan fingerprint density at radius 2 is 2.09 bits per heavy atom. The first kappa shape index (κ1) is 14.8. The molecule has 0 aliphatic rings. The van der Waals surface area contributed by atoms with Gasteiger partial charge in [-0.2, -0.15) is 0 Å². The summed E-state index contributed by atoms with van der Waals surface area (Å²) in [7, 11) is 0. The number of nitrogens with one attached hydrogen (secondary N) is 1. The number of furan rings is 1. The van der Waals surface area contributed by atoms with Crippen LogP contribution in [0.5, 0.6) is 0 Å². The number of rotatable bonds is 6. The maximum atomic E-state index is 10.1. The van der Waals surface area contributed by atoms with Crippen LogP contribution in [0, 0.1) is 0 Å². The number of imidazole rings is 1. The highest BCUT2D eigenvalue weighted by atomic mass is 16.4. The number of nitrogens with zero attached hydrogens (tertiary/aromatic N) is 2. The highest BCUT2D eigenvalue weighted by molar-refractivity contribution is 5.76. The molecular weight excluding hydrogens is 278 g/mol. The molecule has 2 N–H and O–H groups in total. The average Bonchev–Trinajstić information content (AvgIpc) is 3.19. The molecule has 0 spiro atoms. The summed E-state index contributed by atoms with van der Waals surface area (Å²) in [6, 6.07) is 11.7. The molecule has 5 nitrogen and oxygen atoms in total. The van der Waals surface area contributed by atoms with Crippen molar-refractivity contribution in [3.63, 3.8) is 0 Å². The van der Waals surface area contributed by atoms with Crippen molar-refractivity contribution in [3.8, 4) is 0 Å². The van der Waals surface area contributed by atoms with E-state index in [1.807, 2.05) is 18.2 Å². The number of aliphatic hydroxyl groups is 1. The summed E-state index contributed by atoms with van der Waals surface area (Å²) in [6.45, 7) is 5.45. The normalized spacial score (nSPS) is 14.3. The van der Waals surface area contributed by atoms with Crippen LogP contribution in [0.2, 0.25) is 0 Å². The van der Waals surface area contributed by atoms with Gasteiger partial charge in [0.15, 0.2) is 0 Å². The molecule has 22 heavy (non-hydrogen) atoms. The number of aryl methyl sites for hydroxylation is 1. The second-order valence-electron chi connectivity index (χ2n) is 5.36. The zero-order valence-corrected chi connectivity index (χ0v) is 12.9. The average molecular weight is 299 g/mol. The predicted octanol–water partition coefficient (Wildman–Crippen LogP) is 3.03. The summed E-state index contributed by atoms with van der Waals surface area (Å²) in [6.07, 6.45) is 0.912. The lowest BCUT2D eigenvalue weighted by molar-refractivity contribution is 0.143. The zero-order valence-electron chi connectivity index (χ0n) is 12.9. The molecule has 3 rings (SSSR count). The molecule has 2 atom stereocenters. The molecule has 0 radical (unpaired) electrons. The van der Waals surface area contributed by atoms with E-state index >= 15 is 0 Å². The molecule has 0 aliphatic carbocycles. The Morgan fingerprint density at radius 3 is 2.82 bits per heavy atom. The third-order valence-corrected chi connectivity index (χ3v) is 3.88. The predicted molar refractivity (Wildman–Crippen MR) is 85.5 cm³/mol. The van der Waals surface area contributed by atoms with E-state index in [0.717, 1.165) is 23.4 Å². The minimum absolute atomic E-state index is 0.0389. The van der Waals surface area contributed by atoms with Crippen LogP contribution in [0.25, 0.3) is 11.0 Å². The topological polar surface area (TPSA) is 63.2 Å². The fraction of sp³-hybridized carbons (Fsp3) is 0.353. The van der Waals surface area contributed by atoms with Crippen molar-refractivity contribution in [3.05, 3.63) is 54.2 Å². The highest BCUT2D eigenvalue weighted by Gasteiger charge is 2.17. The lowest BCUT2D eigenvalue weighted by Crippen LogP contribution is -2.26. The van der Waals surface area contributed by atoms with Crippen molar-refractivity contribution < 1.29 is 9.52 Å². The quantitative estimate of drug-likeness (QED) is 0.734. The minimum Gasteiger partial charge on any atom is -0.467 e. The molecular formula is C17H21N3O2. The molecule has 116 valence electrons. The van der Waals surface area contributed by atoms with Crippen molar-refractivity contribution in [1.29, 1.82) is 0 Å². The van der Waals surface area contributed by atoms with E-state index < -0.39 is 6.10 Å². The van der Waals surface area contributed by atoms with Crippen LogP contribution in [-0.2, 0) is 6.54 Å². The van der Waals surface area contributed by atoms with Gasteiger partial charge in [-0.1, -0.05) is 12.1 Å². The van der Waals surface area contributed by atoms with Crippen LogP contribution < -0.4 is 5.32 Å². The Morgan fingerprint density at radius 1 is 1.27 bits per heavy atom. The van der Waals surface area contributed by atoms with Crippen molar-refractivity contribution in [2.24, 2.45) is 0 Å². The summed E-state index contributed by atoms with van der Waals surface area (Å²) in [5.74, 6) is 1.55. The second kappa shape index (κ2) is 6.34. The number of aromatic nitrogens is 2. The summed E-state index contributed by atoms with van der Waals surface area (Å²) >= 11 is 0. The maximum Gasteiger partial charge on any atom is 0.133 e. The fourth-order valence-corrected chi connectivity index (χ4v) is 2.72. The van der Waals surface area contributed by atoms with Crippen LogP contribution in [0.4, 0.5) is 0 Å². The molecule has 1 aromatic carbocycles. The van der Waals surface area contributed by atoms with Gasteiger partial charge in [-0.15, -0.1) is 0 Å². The minimum atomic E-state index is -0.656. The lowest BCUT2D eigenvalue weighted by Gasteiger charge is -2.17. The summed E-state index contributed by atoms with van der Waals surface area (Å²) in [4.78, 5) is 4.72. The first-order valence-corrected chi connectivity index (χ1v) is 7.60. The molecule has 0 saturated carbocycles. The van der Waals surface area contributed by atoms with Crippen LogP contribution >= 0.6 is 0 Å². The summed E-state index contributed by atoms with van der Waals surface area (Å²) < 4.78 is 7.42. The standard InChI is InChI=1S/C17H21N3O2/c1-3-20-14-8-5-4-7-13(14)19-17(20)12(2)18-11-15(21)16-9-6-10-22-16/h4-10,12,15,18,21H,3,11H2,1-2H3. The number of fused-ring (bicyclic) bond motifs is 1. The Bertz CT molecular complexity index is 734. The molecule has 0 amide bonds. The Hall–Kier alpha value is -2.11. The van der Waals surface area contributed by atoms with Gasteiger partial charge in [-0.3, -0.25) is 0 Å². The van der Waals surface area contributed by atoms with Crippen LogP contribution in [0.3, 0.4) is 0 Å². The molecule has 2 unspecified atom stereocenters. The van der Waals surface area contributed by atoms with E-state index in [1.165, 1.54) is 0 Å². The van der Waals surface area contributed by atoms with E-state index in [9.17, 15) is 5.11 Å². The highest BCUT2D eigenvalue weighted by Crippen LogP contribution is 2.21. The molecule has 0 bridgehead atoms. The molecule has 0 aliphatic heterocycles. The van der Waals surface area contributed by atoms with Crippen molar-refractivity contribution in [2.45, 2.75) is 32.5 Å². The van der Waals surface area contributed by atoms with Gasteiger partial charge < -0.3 is 19.4 Å². The molecule has 2 heterocycles. The number of aliphatic hydroxyl groups excluding tert-OH is 1. The van der Waals surface area contributed by atoms with E-state index in [4.69, 9.17) is 9.40 Å². The number of hydrogen-bond donors (Lipinski definition) is 2. The SMILES string of the molecule is CCn1c(C(C)NCC(O)c2ccco2)nc2ccccc21. The number of hydrogen-bond acceptors (Lipinski definition) is 4. The summed E-state index contributed by atoms with van der Waals surface area (Å²) in [5.41, 5.74) is 2.14. The Kier molecular flexibility index (Phi) is 4.27. The van der Waals surface area contributed by atoms with Gasteiger partial charge in [0, 0.05) is 13.1 Å². The lowest BCUT2D eigenvalue weighted by atomic mass is 10.2. The van der Waals surface area contributed by atoms with E-state index in [-0.39, 0.29) is 6.04 Å². The monoisotopic (exact) mass is 299 g/mol. The Balaban J connectivity index is 1.76. The number of benzene rings is 1. The molecule has 2 aromatic heterocycles. The third kappa shape index (κ3) is 2.77. The van der Waals surface area contributed by atoms with Gasteiger partial charge >= 0.3 is 0 Å². The van der Waals surface area contributed by atoms with E-state index in [0.29, 0.717) is 12.3 Å². The number of para-hydroxylation sites is 2. The Labute approximate surface area is 129 Å². The van der Waals surface area contributed by atoms with Gasteiger partial charge in [-0.05, 0) is 38.1 Å². The first-order chi connectivity index (χ1) is 10.7. The summed E-state index contributed by atoms with van der Waals surface area (Å²) in [5, 5.41) is 13.4. The van der Waals surface area contributed by atoms with E-state index in [1.54, 1.807) is 18.4 Å². The zero-order chi connectivity index (χ0) is 15.5. The van der Waals surface area contributed by atoms with Crippen molar-refractivity contribution in [1.82, 2.24) is 14.9 Å². The van der Waals surface area contributed by atoms with Crippen LogP contribution in [0.15, 0.2) is 47.1 Å². The van der Waals surface area contributed by atoms with Gasteiger partial charge in [0.1, 0.15) is 17.7 Å². The van der Waals surface area contributed by atoms with Gasteiger partial charge in [0.2, 0.25) is 0 Å². The smallest absolute Gasteiger partial charge is 0.133 e. The first-order valence-electron chi connectivity index (χ1n) is 7.60. The molecule has 5 heteroatoms. The van der Waals surface area contributed by atoms with E-state index in [2.05, 4.69) is 29.8 Å². The van der Waals surface area contributed by atoms with Crippen molar-refractivity contribution >= 4 is 11.0 Å². The van der Waals surface area contributed by atoms with Gasteiger partial charge in [0.25, 0.3) is 0 Å². The second-order valence-corrected chi connectivity index (χ2v) is 5.36. The van der Waals surface area contributed by atoms with Gasteiger partial charge in [0.05, 0.1) is 23.3 Å². The van der Waals surface area contributed by atoms with Gasteiger partial charge in [-0.25, -0.2) is 4.98 Å². The fourth-order valence-electron chi connectivity index (χ4n) is 2.72. The largest absolute Gasteiger partial charge is 0.467 e. The molecule has 0 fully saturated rings.